The summed E-state index contributed by atoms with van der Waals surface area (Å²) in [5.74, 6) is -1.20. The molecule has 0 saturated heterocycles. The molecule has 4 rings (SSSR count). The van der Waals surface area contributed by atoms with Crippen LogP contribution < -0.4 is 21.1 Å². The van der Waals surface area contributed by atoms with Crippen molar-refractivity contribution in [3.8, 4) is 5.75 Å². The number of aromatic nitrogens is 2. The average Bonchev–Trinajstić information content (AvgIpc) is 3.25. The molecule has 0 spiro atoms. The van der Waals surface area contributed by atoms with E-state index in [1.807, 2.05) is 19.9 Å². The lowest BCUT2D eigenvalue weighted by Crippen LogP contribution is -2.40. The second-order valence-electron chi connectivity index (χ2n) is 11.4. The van der Waals surface area contributed by atoms with E-state index in [4.69, 9.17) is 20.6 Å². The number of rotatable bonds is 11. The number of nitrogens with zero attached hydrogens (tertiary/aromatic N) is 2. The van der Waals surface area contributed by atoms with Gasteiger partial charge in [0.05, 0.1) is 16.8 Å². The van der Waals surface area contributed by atoms with Gasteiger partial charge in [0.2, 0.25) is 5.90 Å². The van der Waals surface area contributed by atoms with Gasteiger partial charge in [0, 0.05) is 23.7 Å². The van der Waals surface area contributed by atoms with E-state index < -0.39 is 24.0 Å². The minimum Gasteiger partial charge on any atom is -0.491 e. The number of nitrogens with one attached hydrogen (secondary N) is 3. The number of carbonyl (C=O) groups excluding carboxylic acids is 2. The van der Waals surface area contributed by atoms with E-state index in [1.165, 1.54) is 18.2 Å². The fourth-order valence-electron chi connectivity index (χ4n) is 4.91. The second kappa shape index (κ2) is 12.3. The Morgan fingerprint density at radius 1 is 1.33 bits per heavy atom. The van der Waals surface area contributed by atoms with Crippen LogP contribution in [0, 0.1) is 11.3 Å². The Morgan fingerprint density at radius 3 is 2.67 bits per heavy atom. The van der Waals surface area contributed by atoms with Crippen LogP contribution in [-0.2, 0) is 9.53 Å². The number of alkyl halides is 2. The number of amides is 2. The van der Waals surface area contributed by atoms with Crippen LogP contribution in [0.4, 0.5) is 8.78 Å². The van der Waals surface area contributed by atoms with Gasteiger partial charge in [0.25, 0.3) is 11.8 Å². The highest BCUT2D eigenvalue weighted by molar-refractivity contribution is 6.17. The number of primary amides is 1. The molecule has 1 fully saturated rings. The number of benzene rings is 1. The molecule has 1 atom stereocenters. The molecule has 2 aliphatic rings. The largest absolute Gasteiger partial charge is 0.491 e. The van der Waals surface area contributed by atoms with E-state index in [2.05, 4.69) is 15.7 Å². The van der Waals surface area contributed by atoms with E-state index >= 15 is 0 Å². The molecule has 0 radical (unpaired) electrons. The monoisotopic (exact) mass is 586 g/mol. The summed E-state index contributed by atoms with van der Waals surface area (Å²) in [5, 5.41) is 28.0. The van der Waals surface area contributed by atoms with Crippen LogP contribution in [-0.4, -0.2) is 57.0 Å². The SMILES string of the molecule is CC1=C/C(=C(/C(=N)OC2CC(C[C@H](C)NC(=O)c3nn(C(F)F)c4cc(OCC(C)(C)O)ccc34)C2)C(N)=O)NC=C1. The predicted molar refractivity (Wildman–Crippen MR) is 152 cm³/mol. The molecular weight excluding hydrogens is 550 g/mol. The third-order valence-corrected chi connectivity index (χ3v) is 6.91. The Labute approximate surface area is 241 Å². The molecular formula is C29H36F2N6O5. The quantitative estimate of drug-likeness (QED) is 0.152. The maximum atomic E-state index is 13.7. The number of halogens is 2. The first-order valence-electron chi connectivity index (χ1n) is 13.6. The number of allylic oxidation sites excluding steroid dienone is 3. The van der Waals surface area contributed by atoms with Crippen LogP contribution in [0.25, 0.3) is 10.9 Å². The maximum absolute atomic E-state index is 13.7. The third kappa shape index (κ3) is 7.32. The molecule has 13 heteroatoms. The fraction of sp³-hybridized carbons (Fsp3) is 0.448. The highest BCUT2D eigenvalue weighted by Gasteiger charge is 2.34. The smallest absolute Gasteiger partial charge is 0.333 e. The minimum atomic E-state index is -2.97. The van der Waals surface area contributed by atoms with E-state index in [9.17, 15) is 23.5 Å². The topological polar surface area (TPSA) is 165 Å². The number of aliphatic hydroxyl groups is 1. The molecule has 1 aliphatic carbocycles. The fourth-order valence-corrected chi connectivity index (χ4v) is 4.91. The van der Waals surface area contributed by atoms with Crippen molar-refractivity contribution in [1.29, 1.82) is 5.41 Å². The maximum Gasteiger partial charge on any atom is 0.333 e. The zero-order valence-electron chi connectivity index (χ0n) is 23.9. The Morgan fingerprint density at radius 2 is 2.05 bits per heavy atom. The van der Waals surface area contributed by atoms with Crippen molar-refractivity contribution in [3.05, 3.63) is 59.1 Å². The van der Waals surface area contributed by atoms with Crippen LogP contribution in [0.15, 0.2) is 53.4 Å². The van der Waals surface area contributed by atoms with Crippen molar-refractivity contribution in [2.45, 2.75) is 71.3 Å². The number of ether oxygens (including phenoxy) is 2. The Bertz CT molecular complexity index is 1470. The molecule has 2 amide bonds. The van der Waals surface area contributed by atoms with Gasteiger partial charge < -0.3 is 30.9 Å². The summed E-state index contributed by atoms with van der Waals surface area (Å²) in [4.78, 5) is 25.1. The molecule has 2 heterocycles. The Kier molecular flexibility index (Phi) is 9.00. The van der Waals surface area contributed by atoms with Crippen LogP contribution in [0.3, 0.4) is 0 Å². The lowest BCUT2D eigenvalue weighted by molar-refractivity contribution is -0.114. The second-order valence-corrected chi connectivity index (χ2v) is 11.4. The molecule has 11 nitrogen and oxygen atoms in total. The molecule has 0 bridgehead atoms. The first-order chi connectivity index (χ1) is 19.7. The third-order valence-electron chi connectivity index (χ3n) is 6.91. The molecule has 1 aromatic heterocycles. The number of dihydropyridines is 1. The Balaban J connectivity index is 1.34. The van der Waals surface area contributed by atoms with E-state index in [0.29, 0.717) is 29.6 Å². The van der Waals surface area contributed by atoms with Gasteiger partial charge in [0.1, 0.15) is 24.0 Å². The number of hydrogen-bond acceptors (Lipinski definition) is 8. The molecule has 6 N–H and O–H groups in total. The summed E-state index contributed by atoms with van der Waals surface area (Å²) in [6, 6.07) is 4.11. The summed E-state index contributed by atoms with van der Waals surface area (Å²) in [5.41, 5.74) is 5.57. The summed E-state index contributed by atoms with van der Waals surface area (Å²) in [6.45, 7) is 3.77. The molecule has 0 unspecified atom stereocenters. The van der Waals surface area contributed by atoms with Crippen molar-refractivity contribution in [2.75, 3.05) is 6.61 Å². The molecule has 42 heavy (non-hydrogen) atoms. The molecule has 226 valence electrons. The number of hydrogen-bond donors (Lipinski definition) is 5. The van der Waals surface area contributed by atoms with Gasteiger partial charge in [0.15, 0.2) is 5.69 Å². The van der Waals surface area contributed by atoms with Crippen molar-refractivity contribution in [3.63, 3.8) is 0 Å². The van der Waals surface area contributed by atoms with Gasteiger partial charge in [-0.3, -0.25) is 15.0 Å². The first kappa shape index (κ1) is 30.7. The van der Waals surface area contributed by atoms with Crippen molar-refractivity contribution in [1.82, 2.24) is 20.4 Å². The number of nitrogens with two attached hydrogens (primary N) is 1. The number of carbonyl (C=O) groups is 2. The zero-order valence-corrected chi connectivity index (χ0v) is 23.9. The summed E-state index contributed by atoms with van der Waals surface area (Å²) < 4.78 is 39.2. The predicted octanol–water partition coefficient (Wildman–Crippen LogP) is 3.66. The normalized spacial score (nSPS) is 20.3. The van der Waals surface area contributed by atoms with Crippen LogP contribution in [0.5, 0.6) is 5.75 Å². The van der Waals surface area contributed by atoms with E-state index in [-0.39, 0.29) is 58.5 Å². The van der Waals surface area contributed by atoms with Crippen molar-refractivity contribution < 1.29 is 33.0 Å². The lowest BCUT2D eigenvalue weighted by atomic mass is 9.78. The lowest BCUT2D eigenvalue weighted by Gasteiger charge is -2.37. The van der Waals surface area contributed by atoms with Crippen molar-refractivity contribution in [2.24, 2.45) is 11.7 Å². The highest BCUT2D eigenvalue weighted by atomic mass is 19.3. The van der Waals surface area contributed by atoms with Crippen LogP contribution >= 0.6 is 0 Å². The Hall–Kier alpha value is -4.26. The van der Waals surface area contributed by atoms with Gasteiger partial charge in [-0.2, -0.15) is 13.9 Å². The average molecular weight is 587 g/mol. The van der Waals surface area contributed by atoms with Crippen LogP contribution in [0.2, 0.25) is 0 Å². The summed E-state index contributed by atoms with van der Waals surface area (Å²) in [6.07, 6.45) is 6.74. The number of fused-ring (bicyclic) bond motifs is 1. The zero-order chi connectivity index (χ0) is 30.8. The first-order valence-corrected chi connectivity index (χ1v) is 13.6. The molecule has 1 aromatic carbocycles. The van der Waals surface area contributed by atoms with E-state index in [0.717, 1.165) is 5.57 Å². The van der Waals surface area contributed by atoms with Gasteiger partial charge >= 0.3 is 6.55 Å². The van der Waals surface area contributed by atoms with Gasteiger partial charge in [-0.1, -0.05) is 0 Å². The minimum absolute atomic E-state index is 0.0332. The van der Waals surface area contributed by atoms with Crippen LogP contribution in [0.1, 0.15) is 64.0 Å². The van der Waals surface area contributed by atoms with Crippen molar-refractivity contribution >= 4 is 28.6 Å². The molecule has 1 aliphatic heterocycles. The standard InChI is InChI=1S/C29H36F2N6O5/c1-15-7-8-34-21(9-15)23(25(32)38)26(33)42-19-11-17(12-19)10-16(2)35-27(39)24-20-6-5-18(41-14-29(3,4)40)13-22(20)37(36-24)28(30)31/h5-9,13,16-17,19,28,33-34,40H,10-12,14H2,1-4H3,(H2,32,38)(H,35,39)/b23-21-,33-26?/t16-,17?,19?/m0/s1. The van der Waals surface area contributed by atoms with Gasteiger partial charge in [-0.15, -0.1) is 0 Å². The summed E-state index contributed by atoms with van der Waals surface area (Å²) in [7, 11) is 0. The summed E-state index contributed by atoms with van der Waals surface area (Å²) >= 11 is 0. The molecule has 2 aromatic rings. The van der Waals surface area contributed by atoms with E-state index in [1.54, 1.807) is 26.1 Å². The van der Waals surface area contributed by atoms with Gasteiger partial charge in [-0.25, -0.2) is 4.68 Å². The molecule has 1 saturated carbocycles. The highest BCUT2D eigenvalue weighted by Crippen LogP contribution is 2.35. The van der Waals surface area contributed by atoms with Gasteiger partial charge in [-0.05, 0) is 82.7 Å².